The molecule has 3 N–H and O–H groups in total. The van der Waals surface area contributed by atoms with E-state index in [0.29, 0.717) is 23.5 Å². The maximum atomic E-state index is 12.3. The van der Waals surface area contributed by atoms with Crippen molar-refractivity contribution in [2.24, 2.45) is 0 Å². The molecule has 0 spiro atoms. The first-order valence-corrected chi connectivity index (χ1v) is 9.89. The second-order valence-corrected chi connectivity index (χ2v) is 6.89. The molecule has 0 bridgehead atoms. The van der Waals surface area contributed by atoms with Gasteiger partial charge in [0.15, 0.2) is 0 Å². The Hall–Kier alpha value is -3.80. The summed E-state index contributed by atoms with van der Waals surface area (Å²) in [5, 5.41) is 8.50. The summed E-state index contributed by atoms with van der Waals surface area (Å²) in [6.07, 6.45) is 0.825. The van der Waals surface area contributed by atoms with Gasteiger partial charge in [0.1, 0.15) is 0 Å². The smallest absolute Gasteiger partial charge is 0.319 e. The highest BCUT2D eigenvalue weighted by Crippen LogP contribution is 2.16. The average molecular weight is 402 g/mol. The van der Waals surface area contributed by atoms with Crippen LogP contribution in [-0.4, -0.2) is 32.1 Å². The molecule has 30 heavy (non-hydrogen) atoms. The minimum atomic E-state index is -0.274. The summed E-state index contributed by atoms with van der Waals surface area (Å²) < 4.78 is 0. The predicted octanol–water partition coefficient (Wildman–Crippen LogP) is 4.59. The van der Waals surface area contributed by atoms with Gasteiger partial charge >= 0.3 is 6.03 Å². The molecule has 0 saturated heterocycles. The Morgan fingerprint density at radius 3 is 2.13 bits per heavy atom. The molecule has 0 unspecified atom stereocenters. The van der Waals surface area contributed by atoms with E-state index in [9.17, 15) is 9.59 Å². The van der Waals surface area contributed by atoms with Crippen molar-refractivity contribution in [1.82, 2.24) is 5.32 Å². The second-order valence-electron chi connectivity index (χ2n) is 6.89. The molecule has 0 radical (unpaired) electrons. The van der Waals surface area contributed by atoms with Crippen LogP contribution in [0.25, 0.3) is 0 Å². The maximum absolute atomic E-state index is 12.3. The zero-order chi connectivity index (χ0) is 21.2. The third-order valence-corrected chi connectivity index (χ3v) is 4.57. The van der Waals surface area contributed by atoms with E-state index in [1.54, 1.807) is 36.4 Å². The molecule has 0 aliphatic carbocycles. The Morgan fingerprint density at radius 1 is 0.800 bits per heavy atom. The molecular weight excluding hydrogens is 376 g/mol. The number of urea groups is 1. The zero-order valence-electron chi connectivity index (χ0n) is 17.0. The van der Waals surface area contributed by atoms with Crippen molar-refractivity contribution >= 4 is 29.0 Å². The third-order valence-electron chi connectivity index (χ3n) is 4.57. The fourth-order valence-electron chi connectivity index (χ4n) is 2.97. The number of para-hydroxylation sites is 1. The molecule has 3 amide bonds. The summed E-state index contributed by atoms with van der Waals surface area (Å²) in [4.78, 5) is 26.6. The predicted molar refractivity (Wildman–Crippen MR) is 122 cm³/mol. The van der Waals surface area contributed by atoms with Gasteiger partial charge in [0.05, 0.1) is 0 Å². The molecule has 6 heteroatoms. The molecular formula is C24H26N4O2. The second kappa shape index (κ2) is 10.7. The van der Waals surface area contributed by atoms with Crippen molar-refractivity contribution in [1.29, 1.82) is 0 Å². The first kappa shape index (κ1) is 20.9. The van der Waals surface area contributed by atoms with Crippen molar-refractivity contribution in [3.05, 3.63) is 90.5 Å². The fourth-order valence-corrected chi connectivity index (χ4v) is 2.97. The molecule has 3 aromatic rings. The molecule has 0 aliphatic heterocycles. The van der Waals surface area contributed by atoms with Crippen LogP contribution in [0.2, 0.25) is 0 Å². The number of anilines is 3. The number of rotatable bonds is 8. The Bertz CT molecular complexity index is 961. The molecule has 0 saturated carbocycles. The van der Waals surface area contributed by atoms with E-state index >= 15 is 0 Å². The number of nitrogens with one attached hydrogen (secondary N) is 3. The number of benzene rings is 3. The van der Waals surface area contributed by atoms with E-state index in [-0.39, 0.29) is 11.9 Å². The van der Waals surface area contributed by atoms with Crippen LogP contribution >= 0.6 is 0 Å². The van der Waals surface area contributed by atoms with Crippen molar-refractivity contribution < 1.29 is 9.59 Å². The number of amides is 3. The van der Waals surface area contributed by atoms with Gasteiger partial charge in [-0.2, -0.15) is 0 Å². The lowest BCUT2D eigenvalue weighted by molar-refractivity contribution is 0.102. The van der Waals surface area contributed by atoms with Gasteiger partial charge in [0.25, 0.3) is 5.91 Å². The van der Waals surface area contributed by atoms with Crippen molar-refractivity contribution in [2.45, 2.75) is 6.42 Å². The minimum absolute atomic E-state index is 0.195. The fraction of sp³-hybridized carbons (Fsp3) is 0.167. The van der Waals surface area contributed by atoms with Gasteiger partial charge in [-0.3, -0.25) is 4.79 Å². The number of nitrogens with zero attached hydrogens (tertiary/aromatic N) is 1. The van der Waals surface area contributed by atoms with Crippen LogP contribution in [0.5, 0.6) is 0 Å². The highest BCUT2D eigenvalue weighted by Gasteiger charge is 2.07. The van der Waals surface area contributed by atoms with Crippen LogP contribution in [0.15, 0.2) is 84.9 Å². The van der Waals surface area contributed by atoms with Gasteiger partial charge in [0.2, 0.25) is 0 Å². The van der Waals surface area contributed by atoms with E-state index in [1.165, 1.54) is 0 Å². The topological polar surface area (TPSA) is 73.5 Å². The Morgan fingerprint density at radius 2 is 1.43 bits per heavy atom. The van der Waals surface area contributed by atoms with E-state index in [4.69, 9.17) is 0 Å². The van der Waals surface area contributed by atoms with Gasteiger partial charge in [-0.25, -0.2) is 4.79 Å². The third kappa shape index (κ3) is 6.38. The quantitative estimate of drug-likeness (QED) is 0.483. The number of hydrogen-bond acceptors (Lipinski definition) is 3. The molecule has 3 rings (SSSR count). The van der Waals surface area contributed by atoms with Crippen LogP contribution in [0.1, 0.15) is 16.8 Å². The highest BCUT2D eigenvalue weighted by atomic mass is 16.2. The summed E-state index contributed by atoms with van der Waals surface area (Å²) in [7, 11) is 2.03. The minimum Gasteiger partial charge on any atom is -0.375 e. The lowest BCUT2D eigenvalue weighted by atomic mass is 10.2. The molecule has 0 heterocycles. The van der Waals surface area contributed by atoms with Crippen LogP contribution in [0.3, 0.4) is 0 Å². The van der Waals surface area contributed by atoms with Crippen LogP contribution in [0.4, 0.5) is 21.9 Å². The van der Waals surface area contributed by atoms with E-state index < -0.39 is 0 Å². The summed E-state index contributed by atoms with van der Waals surface area (Å²) in [6.45, 7) is 1.40. The normalized spacial score (nSPS) is 10.2. The number of carbonyl (C=O) groups excluding carboxylic acids is 2. The lowest BCUT2D eigenvalue weighted by Crippen LogP contribution is -2.31. The van der Waals surface area contributed by atoms with Crippen molar-refractivity contribution in [2.75, 3.05) is 35.7 Å². The maximum Gasteiger partial charge on any atom is 0.319 e. The van der Waals surface area contributed by atoms with Crippen LogP contribution in [0, 0.1) is 0 Å². The van der Waals surface area contributed by atoms with Gasteiger partial charge in [-0.15, -0.1) is 0 Å². The zero-order valence-corrected chi connectivity index (χ0v) is 17.0. The largest absolute Gasteiger partial charge is 0.375 e. The Balaban J connectivity index is 1.43. The van der Waals surface area contributed by atoms with Gasteiger partial charge in [-0.05, 0) is 48.9 Å². The molecule has 0 atom stereocenters. The van der Waals surface area contributed by atoms with Crippen LogP contribution in [-0.2, 0) is 0 Å². The first-order chi connectivity index (χ1) is 14.6. The Labute approximate surface area is 176 Å². The Kier molecular flexibility index (Phi) is 7.44. The van der Waals surface area contributed by atoms with Crippen LogP contribution < -0.4 is 20.9 Å². The molecule has 3 aromatic carbocycles. The molecule has 0 aliphatic rings. The standard InChI is InChI=1S/C24H26N4O2/c1-28(22-14-6-3-7-15-22)17-9-16-25-24(30)27-21-13-8-12-20(18-21)26-23(29)19-10-4-2-5-11-19/h2-8,10-15,18H,9,16-17H2,1H3,(H,26,29)(H2,25,27,30). The van der Waals surface area contributed by atoms with Crippen molar-refractivity contribution in [3.8, 4) is 0 Å². The van der Waals surface area contributed by atoms with Gasteiger partial charge in [-0.1, -0.05) is 42.5 Å². The lowest BCUT2D eigenvalue weighted by Gasteiger charge is -2.19. The van der Waals surface area contributed by atoms with E-state index in [1.807, 2.05) is 43.4 Å². The monoisotopic (exact) mass is 402 g/mol. The van der Waals surface area contributed by atoms with E-state index in [0.717, 1.165) is 18.7 Å². The molecule has 154 valence electrons. The van der Waals surface area contributed by atoms with E-state index in [2.05, 4.69) is 33.0 Å². The highest BCUT2D eigenvalue weighted by molar-refractivity contribution is 6.04. The summed E-state index contributed by atoms with van der Waals surface area (Å²) in [5.41, 5.74) is 2.95. The first-order valence-electron chi connectivity index (χ1n) is 9.89. The number of carbonyl (C=O) groups is 2. The summed E-state index contributed by atoms with van der Waals surface area (Å²) >= 11 is 0. The molecule has 6 nitrogen and oxygen atoms in total. The van der Waals surface area contributed by atoms with Gasteiger partial charge in [0, 0.05) is 42.8 Å². The van der Waals surface area contributed by atoms with Gasteiger partial charge < -0.3 is 20.9 Å². The SMILES string of the molecule is CN(CCCNC(=O)Nc1cccc(NC(=O)c2ccccc2)c1)c1ccccc1. The number of hydrogen-bond donors (Lipinski definition) is 3. The average Bonchev–Trinajstić information content (AvgIpc) is 2.78. The molecule has 0 fully saturated rings. The summed E-state index contributed by atoms with van der Waals surface area (Å²) in [5.74, 6) is -0.195. The summed E-state index contributed by atoms with van der Waals surface area (Å²) in [6, 6.07) is 25.9. The van der Waals surface area contributed by atoms with Crippen molar-refractivity contribution in [3.63, 3.8) is 0 Å². The molecule has 0 aromatic heterocycles.